The van der Waals surface area contributed by atoms with Crippen LogP contribution in [0, 0.1) is 5.92 Å². The van der Waals surface area contributed by atoms with Crippen molar-refractivity contribution in [3.05, 3.63) is 34.2 Å². The summed E-state index contributed by atoms with van der Waals surface area (Å²) in [5.41, 5.74) is 0. The van der Waals surface area contributed by atoms with Crippen LogP contribution >= 0.6 is 35.3 Å². The summed E-state index contributed by atoms with van der Waals surface area (Å²) in [5.74, 6) is 0.697. The van der Waals surface area contributed by atoms with E-state index in [2.05, 4.69) is 10.2 Å². The number of thiophene rings is 1. The van der Waals surface area contributed by atoms with Gasteiger partial charge < -0.3 is 10.2 Å². The first kappa shape index (κ1) is 16.1. The third-order valence-electron chi connectivity index (χ3n) is 4.69. The standard InChI is InChI=1S/C16H17ClN2OS.ClH/c17-12-3-1-2-11-8-14(21-15(11)12)16(20)18-13-9-19-6-4-10(13)5-7-19;/h1-3,8,10,13H,4-7,9H2,(H,18,20);1H/t13-;/m0./s1. The van der Waals surface area contributed by atoms with Gasteiger partial charge in [-0.25, -0.2) is 0 Å². The summed E-state index contributed by atoms with van der Waals surface area (Å²) >= 11 is 7.67. The van der Waals surface area contributed by atoms with Gasteiger partial charge in [-0.1, -0.05) is 23.7 Å². The number of carbonyl (C=O) groups excluding carboxylic acids is 1. The first-order chi connectivity index (χ1) is 10.2. The lowest BCUT2D eigenvalue weighted by atomic mass is 9.84. The summed E-state index contributed by atoms with van der Waals surface area (Å²) in [4.78, 5) is 15.7. The summed E-state index contributed by atoms with van der Waals surface area (Å²) in [5, 5.41) is 5.00. The summed E-state index contributed by atoms with van der Waals surface area (Å²) in [6, 6.07) is 8.05. The van der Waals surface area contributed by atoms with Gasteiger partial charge in [-0.3, -0.25) is 4.79 Å². The molecule has 2 bridgehead atoms. The van der Waals surface area contributed by atoms with Crippen LogP contribution in [0.25, 0.3) is 10.1 Å². The number of nitrogens with one attached hydrogen (secondary N) is 1. The van der Waals surface area contributed by atoms with E-state index >= 15 is 0 Å². The highest BCUT2D eigenvalue weighted by Crippen LogP contribution is 2.32. The number of fused-ring (bicyclic) bond motifs is 4. The summed E-state index contributed by atoms with van der Waals surface area (Å²) in [6.45, 7) is 3.38. The van der Waals surface area contributed by atoms with Crippen LogP contribution in [0.4, 0.5) is 0 Å². The zero-order valence-corrected chi connectivity index (χ0v) is 14.4. The molecule has 0 saturated carbocycles. The highest BCUT2D eigenvalue weighted by Gasteiger charge is 2.35. The van der Waals surface area contributed by atoms with E-state index in [1.54, 1.807) is 0 Å². The summed E-state index contributed by atoms with van der Waals surface area (Å²) in [7, 11) is 0. The van der Waals surface area contributed by atoms with E-state index in [1.807, 2.05) is 24.3 Å². The lowest BCUT2D eigenvalue weighted by molar-refractivity contribution is 0.0622. The van der Waals surface area contributed by atoms with Gasteiger partial charge in [0.25, 0.3) is 5.91 Å². The second-order valence-electron chi connectivity index (χ2n) is 5.99. The van der Waals surface area contributed by atoms with Crippen molar-refractivity contribution >= 4 is 51.3 Å². The highest BCUT2D eigenvalue weighted by molar-refractivity contribution is 7.21. The van der Waals surface area contributed by atoms with Crippen LogP contribution in [0.5, 0.6) is 0 Å². The Morgan fingerprint density at radius 2 is 2.09 bits per heavy atom. The molecule has 3 saturated heterocycles. The number of hydrogen-bond donors (Lipinski definition) is 1. The first-order valence-electron chi connectivity index (χ1n) is 7.42. The van der Waals surface area contributed by atoms with E-state index < -0.39 is 0 Å². The molecule has 118 valence electrons. The lowest BCUT2D eigenvalue weighted by Crippen LogP contribution is -2.57. The molecule has 3 aliphatic rings. The molecule has 1 amide bonds. The van der Waals surface area contributed by atoms with Gasteiger partial charge in [0.05, 0.1) is 14.6 Å². The Morgan fingerprint density at radius 3 is 2.73 bits per heavy atom. The number of carbonyl (C=O) groups is 1. The molecule has 0 radical (unpaired) electrons. The molecule has 1 aromatic heterocycles. The summed E-state index contributed by atoms with van der Waals surface area (Å²) in [6.07, 6.45) is 2.42. The van der Waals surface area contributed by atoms with E-state index in [9.17, 15) is 4.79 Å². The van der Waals surface area contributed by atoms with Crippen molar-refractivity contribution in [3.8, 4) is 0 Å². The number of rotatable bonds is 2. The maximum absolute atomic E-state index is 12.5. The SMILES string of the molecule is Cl.O=C(N[C@H]1CN2CCC1CC2)c1cc2cccc(Cl)c2s1. The Bertz CT molecular complexity index is 695. The fourth-order valence-electron chi connectivity index (χ4n) is 3.51. The number of amides is 1. The molecule has 3 nitrogen and oxygen atoms in total. The molecule has 0 unspecified atom stereocenters. The van der Waals surface area contributed by atoms with Crippen LogP contribution in [0.3, 0.4) is 0 Å². The molecular weight excluding hydrogens is 339 g/mol. The molecule has 22 heavy (non-hydrogen) atoms. The minimum atomic E-state index is 0. The van der Waals surface area contributed by atoms with Crippen molar-refractivity contribution in [2.45, 2.75) is 18.9 Å². The zero-order valence-electron chi connectivity index (χ0n) is 12.0. The van der Waals surface area contributed by atoms with Gasteiger partial charge >= 0.3 is 0 Å². The molecule has 3 aliphatic heterocycles. The van der Waals surface area contributed by atoms with Crippen molar-refractivity contribution < 1.29 is 4.79 Å². The maximum atomic E-state index is 12.5. The predicted octanol–water partition coefficient (Wildman–Crippen LogP) is 3.80. The van der Waals surface area contributed by atoms with Crippen molar-refractivity contribution in [1.29, 1.82) is 0 Å². The minimum Gasteiger partial charge on any atom is -0.347 e. The third-order valence-corrected chi connectivity index (χ3v) is 6.30. The lowest BCUT2D eigenvalue weighted by Gasteiger charge is -2.44. The van der Waals surface area contributed by atoms with E-state index in [4.69, 9.17) is 11.6 Å². The van der Waals surface area contributed by atoms with E-state index in [-0.39, 0.29) is 18.3 Å². The average Bonchev–Trinajstić information content (AvgIpc) is 2.94. The average molecular weight is 357 g/mol. The van der Waals surface area contributed by atoms with Crippen molar-refractivity contribution in [2.75, 3.05) is 19.6 Å². The minimum absolute atomic E-state index is 0. The molecule has 2 aromatic rings. The topological polar surface area (TPSA) is 32.3 Å². The number of benzene rings is 1. The number of nitrogens with zero attached hydrogens (tertiary/aromatic N) is 1. The van der Waals surface area contributed by atoms with Crippen molar-refractivity contribution in [3.63, 3.8) is 0 Å². The van der Waals surface area contributed by atoms with Gasteiger partial charge in [-0.15, -0.1) is 23.7 Å². The van der Waals surface area contributed by atoms with Gasteiger partial charge in [0.15, 0.2) is 0 Å². The second kappa shape index (κ2) is 6.36. The Morgan fingerprint density at radius 1 is 1.32 bits per heavy atom. The molecule has 4 heterocycles. The van der Waals surface area contributed by atoms with Crippen LogP contribution in [0.15, 0.2) is 24.3 Å². The first-order valence-corrected chi connectivity index (χ1v) is 8.61. The van der Waals surface area contributed by atoms with Gasteiger partial charge in [0.2, 0.25) is 0 Å². The molecule has 5 rings (SSSR count). The van der Waals surface area contributed by atoms with Gasteiger partial charge in [-0.05, 0) is 49.4 Å². The monoisotopic (exact) mass is 356 g/mol. The smallest absolute Gasteiger partial charge is 0.261 e. The zero-order chi connectivity index (χ0) is 14.4. The quantitative estimate of drug-likeness (QED) is 0.887. The van der Waals surface area contributed by atoms with Crippen LogP contribution in [-0.4, -0.2) is 36.5 Å². The summed E-state index contributed by atoms with van der Waals surface area (Å²) < 4.78 is 0.998. The van der Waals surface area contributed by atoms with E-state index in [0.29, 0.717) is 12.0 Å². The molecule has 6 heteroatoms. The van der Waals surface area contributed by atoms with E-state index in [1.165, 1.54) is 37.3 Å². The fourth-order valence-corrected chi connectivity index (χ4v) is 4.77. The van der Waals surface area contributed by atoms with Crippen LogP contribution in [0.2, 0.25) is 5.02 Å². The molecule has 0 aliphatic carbocycles. The van der Waals surface area contributed by atoms with Crippen LogP contribution in [0.1, 0.15) is 22.5 Å². The molecule has 3 fully saturated rings. The highest BCUT2D eigenvalue weighted by atomic mass is 35.5. The second-order valence-corrected chi connectivity index (χ2v) is 7.45. The molecule has 0 spiro atoms. The number of piperidine rings is 3. The largest absolute Gasteiger partial charge is 0.347 e. The van der Waals surface area contributed by atoms with Crippen LogP contribution in [-0.2, 0) is 0 Å². The Kier molecular flexibility index (Phi) is 4.64. The number of hydrogen-bond acceptors (Lipinski definition) is 3. The van der Waals surface area contributed by atoms with Gasteiger partial charge in [0, 0.05) is 12.6 Å². The molecular formula is C16H18Cl2N2OS. The normalized spacial score (nSPS) is 26.7. The Labute approximate surface area is 145 Å². The molecule has 1 atom stereocenters. The Hall–Kier alpha value is -0.810. The van der Waals surface area contributed by atoms with Crippen LogP contribution < -0.4 is 5.32 Å². The van der Waals surface area contributed by atoms with E-state index in [0.717, 1.165) is 26.5 Å². The van der Waals surface area contributed by atoms with Crippen molar-refractivity contribution in [2.24, 2.45) is 5.92 Å². The van der Waals surface area contributed by atoms with Gasteiger partial charge in [-0.2, -0.15) is 0 Å². The molecule has 1 aromatic carbocycles. The fraction of sp³-hybridized carbons (Fsp3) is 0.438. The van der Waals surface area contributed by atoms with Crippen molar-refractivity contribution in [1.82, 2.24) is 10.2 Å². The Balaban J connectivity index is 0.00000144. The maximum Gasteiger partial charge on any atom is 0.261 e. The molecule has 1 N–H and O–H groups in total. The van der Waals surface area contributed by atoms with Gasteiger partial charge in [0.1, 0.15) is 0 Å². The predicted molar refractivity (Wildman–Crippen MR) is 94.5 cm³/mol. The number of halogens is 2. The third kappa shape index (κ3) is 2.85.